The zero-order valence-electron chi connectivity index (χ0n) is 18.9. The second kappa shape index (κ2) is 11.4. The Balaban J connectivity index is 1.72. The van der Waals surface area contributed by atoms with Gasteiger partial charge in [-0.25, -0.2) is 0 Å². The average Bonchev–Trinajstić information content (AvgIpc) is 2.84. The first-order chi connectivity index (χ1) is 16.7. The van der Waals surface area contributed by atoms with Crippen LogP contribution in [0.15, 0.2) is 66.7 Å². The van der Waals surface area contributed by atoms with Crippen LogP contribution in [-0.2, 0) is 11.3 Å². The minimum absolute atomic E-state index is 0.234. The molecule has 0 bridgehead atoms. The first-order valence-electron chi connectivity index (χ1n) is 10.4. The number of anilines is 2. The van der Waals surface area contributed by atoms with Crippen LogP contribution >= 0.6 is 0 Å². The number of carbonyl (C=O) groups is 2. The molecule has 3 aromatic rings. The molecular formula is C25H23F3N2O5. The van der Waals surface area contributed by atoms with Crippen molar-refractivity contribution in [3.63, 3.8) is 0 Å². The van der Waals surface area contributed by atoms with E-state index >= 15 is 0 Å². The highest BCUT2D eigenvalue weighted by atomic mass is 19.4. The molecule has 184 valence electrons. The molecule has 3 rings (SSSR count). The smallest absolute Gasteiger partial charge is 0.411 e. The van der Waals surface area contributed by atoms with Gasteiger partial charge in [-0.15, -0.1) is 0 Å². The van der Waals surface area contributed by atoms with Crippen molar-refractivity contribution in [2.24, 2.45) is 0 Å². The van der Waals surface area contributed by atoms with Crippen LogP contribution < -0.4 is 20.1 Å². The molecule has 0 aliphatic heterocycles. The Morgan fingerprint density at radius 1 is 0.771 bits per heavy atom. The Morgan fingerprint density at radius 3 is 1.71 bits per heavy atom. The maximum atomic E-state index is 12.7. The summed E-state index contributed by atoms with van der Waals surface area (Å²) < 4.78 is 52.0. The minimum Gasteiger partial charge on any atom is -0.494 e. The van der Waals surface area contributed by atoms with Crippen molar-refractivity contribution in [3.05, 3.63) is 83.4 Å². The quantitative estimate of drug-likeness (QED) is 0.428. The highest BCUT2D eigenvalue weighted by Crippen LogP contribution is 2.37. The van der Waals surface area contributed by atoms with Crippen LogP contribution in [0, 0.1) is 0 Å². The maximum Gasteiger partial charge on any atom is 0.411 e. The lowest BCUT2D eigenvalue weighted by Gasteiger charge is -2.16. The summed E-state index contributed by atoms with van der Waals surface area (Å²) in [5, 5.41) is 5.47. The minimum atomic E-state index is -4.40. The Morgan fingerprint density at radius 2 is 1.26 bits per heavy atom. The zero-order chi connectivity index (χ0) is 25.4. The van der Waals surface area contributed by atoms with E-state index in [9.17, 15) is 22.8 Å². The molecular weight excluding hydrogens is 465 g/mol. The second-order valence-corrected chi connectivity index (χ2v) is 7.33. The van der Waals surface area contributed by atoms with E-state index in [4.69, 9.17) is 9.47 Å². The molecule has 0 atom stereocenters. The summed E-state index contributed by atoms with van der Waals surface area (Å²) in [6, 6.07) is 17.6. The largest absolute Gasteiger partial charge is 0.494 e. The van der Waals surface area contributed by atoms with E-state index in [1.54, 1.807) is 30.3 Å². The van der Waals surface area contributed by atoms with E-state index in [0.29, 0.717) is 28.3 Å². The fraction of sp³-hybridized carbons (Fsp3) is 0.200. The third-order valence-corrected chi connectivity index (χ3v) is 4.80. The lowest BCUT2D eigenvalue weighted by atomic mass is 10.1. The van der Waals surface area contributed by atoms with Gasteiger partial charge in [0.2, 0.25) is 0 Å². The molecule has 0 aliphatic rings. The van der Waals surface area contributed by atoms with Gasteiger partial charge in [0.15, 0.2) is 0 Å². The van der Waals surface area contributed by atoms with Gasteiger partial charge in [-0.05, 0) is 29.8 Å². The SMILES string of the molecule is COc1cc(NC(=O)c2ccc(COCC(F)(F)F)cc2)c(OC)cc1NC(=O)c1ccccc1. The summed E-state index contributed by atoms with van der Waals surface area (Å²) in [6.07, 6.45) is -4.40. The van der Waals surface area contributed by atoms with Crippen LogP contribution in [0.3, 0.4) is 0 Å². The van der Waals surface area contributed by atoms with E-state index in [0.717, 1.165) is 0 Å². The number of amides is 2. The average molecular weight is 488 g/mol. The Bertz CT molecular complexity index is 1170. The molecule has 0 saturated carbocycles. The number of alkyl halides is 3. The van der Waals surface area contributed by atoms with Crippen molar-refractivity contribution in [1.82, 2.24) is 0 Å². The summed E-state index contributed by atoms with van der Waals surface area (Å²) in [7, 11) is 2.83. The summed E-state index contributed by atoms with van der Waals surface area (Å²) in [5.41, 5.74) is 1.86. The van der Waals surface area contributed by atoms with Gasteiger partial charge in [-0.3, -0.25) is 9.59 Å². The summed E-state index contributed by atoms with van der Waals surface area (Å²) in [6.45, 7) is -1.58. The molecule has 0 radical (unpaired) electrons. The van der Waals surface area contributed by atoms with E-state index in [1.807, 2.05) is 0 Å². The third kappa shape index (κ3) is 7.21. The number of halogens is 3. The lowest BCUT2D eigenvalue weighted by molar-refractivity contribution is -0.176. The normalized spacial score (nSPS) is 11.0. The number of methoxy groups -OCH3 is 2. The molecule has 2 N–H and O–H groups in total. The number of nitrogens with one attached hydrogen (secondary N) is 2. The first kappa shape index (κ1) is 25.6. The predicted molar refractivity (Wildman–Crippen MR) is 124 cm³/mol. The number of ether oxygens (including phenoxy) is 3. The molecule has 0 aliphatic carbocycles. The fourth-order valence-corrected chi connectivity index (χ4v) is 3.11. The van der Waals surface area contributed by atoms with Gasteiger partial charge in [0, 0.05) is 23.3 Å². The molecule has 0 saturated heterocycles. The van der Waals surface area contributed by atoms with Crippen molar-refractivity contribution < 1.29 is 37.0 Å². The van der Waals surface area contributed by atoms with E-state index in [-0.39, 0.29) is 23.8 Å². The van der Waals surface area contributed by atoms with Crippen molar-refractivity contribution >= 4 is 23.2 Å². The molecule has 35 heavy (non-hydrogen) atoms. The molecule has 0 unspecified atom stereocenters. The molecule has 0 aromatic heterocycles. The van der Waals surface area contributed by atoms with Crippen molar-refractivity contribution in [1.29, 1.82) is 0 Å². The van der Waals surface area contributed by atoms with Crippen LogP contribution in [-0.4, -0.2) is 38.8 Å². The van der Waals surface area contributed by atoms with Gasteiger partial charge in [0.05, 0.1) is 32.2 Å². The fourth-order valence-electron chi connectivity index (χ4n) is 3.11. The Hall–Kier alpha value is -4.05. The van der Waals surface area contributed by atoms with Crippen LogP contribution in [0.1, 0.15) is 26.3 Å². The summed E-state index contributed by atoms with van der Waals surface area (Å²) >= 11 is 0. The molecule has 0 fully saturated rings. The van der Waals surface area contributed by atoms with Gasteiger partial charge in [0.1, 0.15) is 18.1 Å². The molecule has 2 amide bonds. The second-order valence-electron chi connectivity index (χ2n) is 7.33. The highest BCUT2D eigenvalue weighted by molar-refractivity contribution is 6.07. The van der Waals surface area contributed by atoms with Gasteiger partial charge in [-0.1, -0.05) is 30.3 Å². The molecule has 3 aromatic carbocycles. The highest BCUT2D eigenvalue weighted by Gasteiger charge is 2.27. The maximum absolute atomic E-state index is 12.7. The molecule has 10 heteroatoms. The van der Waals surface area contributed by atoms with Gasteiger partial charge in [0.25, 0.3) is 11.8 Å². The molecule has 7 nitrogen and oxygen atoms in total. The van der Waals surface area contributed by atoms with E-state index < -0.39 is 18.7 Å². The number of benzene rings is 3. The summed E-state index contributed by atoms with van der Waals surface area (Å²) in [4.78, 5) is 25.3. The summed E-state index contributed by atoms with van der Waals surface area (Å²) in [5.74, 6) is -0.251. The van der Waals surface area contributed by atoms with Crippen molar-refractivity contribution in [2.75, 3.05) is 31.5 Å². The zero-order valence-corrected chi connectivity index (χ0v) is 18.9. The number of hydrogen-bond donors (Lipinski definition) is 2. The Kier molecular flexibility index (Phi) is 8.32. The van der Waals surface area contributed by atoms with Gasteiger partial charge in [-0.2, -0.15) is 13.2 Å². The van der Waals surface area contributed by atoms with Crippen LogP contribution in [0.25, 0.3) is 0 Å². The van der Waals surface area contributed by atoms with Crippen LogP contribution in [0.2, 0.25) is 0 Å². The number of rotatable bonds is 9. The molecule has 0 spiro atoms. The Labute approximate surface area is 199 Å². The van der Waals surface area contributed by atoms with Crippen LogP contribution in [0.5, 0.6) is 11.5 Å². The molecule has 0 heterocycles. The van der Waals surface area contributed by atoms with Crippen molar-refractivity contribution in [3.8, 4) is 11.5 Å². The monoisotopic (exact) mass is 488 g/mol. The van der Waals surface area contributed by atoms with Gasteiger partial charge < -0.3 is 24.8 Å². The van der Waals surface area contributed by atoms with E-state index in [2.05, 4.69) is 15.4 Å². The standard InChI is InChI=1S/C25H23F3N2O5/c1-33-21-13-20(22(34-2)12-19(21)29-23(31)17-6-4-3-5-7-17)30-24(32)18-10-8-16(9-11-18)14-35-15-25(26,27)28/h3-13H,14-15H2,1-2H3,(H,29,31)(H,30,32). The number of hydrogen-bond acceptors (Lipinski definition) is 5. The van der Waals surface area contributed by atoms with Gasteiger partial charge >= 0.3 is 6.18 Å². The van der Waals surface area contributed by atoms with E-state index in [1.165, 1.54) is 50.6 Å². The number of carbonyl (C=O) groups excluding carboxylic acids is 2. The first-order valence-corrected chi connectivity index (χ1v) is 10.4. The topological polar surface area (TPSA) is 85.9 Å². The van der Waals surface area contributed by atoms with Crippen LogP contribution in [0.4, 0.5) is 24.5 Å². The predicted octanol–water partition coefficient (Wildman–Crippen LogP) is 5.29. The third-order valence-electron chi connectivity index (χ3n) is 4.80. The lowest BCUT2D eigenvalue weighted by Crippen LogP contribution is -2.17. The van der Waals surface area contributed by atoms with Crippen molar-refractivity contribution in [2.45, 2.75) is 12.8 Å².